The average molecular weight is 392 g/mol. The van der Waals surface area contributed by atoms with Crippen LogP contribution >= 0.6 is 12.2 Å². The number of rotatable bonds is 7. The maximum absolute atomic E-state index is 6.11. The summed E-state index contributed by atoms with van der Waals surface area (Å²) in [4.78, 5) is 6.70. The minimum absolute atomic E-state index is 0.273. The summed E-state index contributed by atoms with van der Waals surface area (Å²) >= 11 is 5.28. The second kappa shape index (κ2) is 8.40. The highest BCUT2D eigenvalue weighted by Gasteiger charge is 2.24. The van der Waals surface area contributed by atoms with E-state index in [0.29, 0.717) is 37.1 Å². The predicted octanol–water partition coefficient (Wildman–Crippen LogP) is 0.784. The third-order valence-electron chi connectivity index (χ3n) is 4.44. The van der Waals surface area contributed by atoms with Crippen LogP contribution in [-0.4, -0.2) is 60.3 Å². The minimum Gasteiger partial charge on any atom is -0.493 e. The van der Waals surface area contributed by atoms with E-state index in [-0.39, 0.29) is 10.9 Å². The van der Waals surface area contributed by atoms with Crippen molar-refractivity contribution in [2.75, 3.05) is 51.2 Å². The summed E-state index contributed by atoms with van der Waals surface area (Å²) in [6.45, 7) is 2.71. The van der Waals surface area contributed by atoms with Crippen LogP contribution in [0.3, 0.4) is 0 Å². The van der Waals surface area contributed by atoms with E-state index in [1.54, 1.807) is 18.9 Å². The van der Waals surface area contributed by atoms with Crippen LogP contribution in [0.5, 0.6) is 11.5 Å². The number of benzene rings is 1. The molecule has 27 heavy (non-hydrogen) atoms. The number of ether oxygens (including phenoxy) is 3. The molecule has 2 aromatic rings. The smallest absolute Gasteiger partial charge is 0.246 e. The summed E-state index contributed by atoms with van der Waals surface area (Å²) in [5.41, 5.74) is 13.1. The van der Waals surface area contributed by atoms with Crippen LogP contribution in [0.4, 0.5) is 11.9 Å². The van der Waals surface area contributed by atoms with Gasteiger partial charge in [0.1, 0.15) is 6.04 Å². The lowest BCUT2D eigenvalue weighted by atomic mass is 10.1. The molecule has 0 aliphatic carbocycles. The van der Waals surface area contributed by atoms with Crippen molar-refractivity contribution in [3.63, 3.8) is 0 Å². The highest BCUT2D eigenvalue weighted by Crippen LogP contribution is 2.29. The molecule has 0 bridgehead atoms. The number of hydrogen-bond donors (Lipinski definition) is 2. The first-order valence-corrected chi connectivity index (χ1v) is 8.99. The molecule has 4 N–H and O–H groups in total. The molecular formula is C17H24N6O3S. The zero-order valence-electron chi connectivity index (χ0n) is 15.4. The first-order valence-electron chi connectivity index (χ1n) is 8.58. The molecule has 0 saturated carbocycles. The Balaban J connectivity index is 1.86. The van der Waals surface area contributed by atoms with Gasteiger partial charge >= 0.3 is 0 Å². The first-order chi connectivity index (χ1) is 13.0. The zero-order valence-corrected chi connectivity index (χ0v) is 16.2. The Kier molecular flexibility index (Phi) is 5.97. The highest BCUT2D eigenvalue weighted by atomic mass is 32.1. The number of anilines is 2. The van der Waals surface area contributed by atoms with E-state index in [9.17, 15) is 0 Å². The zero-order chi connectivity index (χ0) is 19.4. The monoisotopic (exact) mass is 392 g/mol. The Hall–Kier alpha value is -2.59. The molecule has 1 fully saturated rings. The van der Waals surface area contributed by atoms with Gasteiger partial charge in [-0.25, -0.2) is 4.68 Å². The van der Waals surface area contributed by atoms with Crippen molar-refractivity contribution in [3.8, 4) is 11.5 Å². The van der Waals surface area contributed by atoms with Gasteiger partial charge in [-0.05, 0) is 17.7 Å². The highest BCUT2D eigenvalue weighted by molar-refractivity contribution is 7.80. The van der Waals surface area contributed by atoms with Gasteiger partial charge in [-0.15, -0.1) is 5.10 Å². The summed E-state index contributed by atoms with van der Waals surface area (Å²) < 4.78 is 17.6. The molecule has 9 nitrogen and oxygen atoms in total. The van der Waals surface area contributed by atoms with Gasteiger partial charge < -0.3 is 30.6 Å². The van der Waals surface area contributed by atoms with Crippen LogP contribution in [0.25, 0.3) is 0 Å². The molecule has 1 saturated heterocycles. The SMILES string of the molecule is COc1ccc(CC(C(N)=S)n2nc(N3CCOCC3)nc2N)cc1OC. The van der Waals surface area contributed by atoms with Crippen LogP contribution in [0.15, 0.2) is 18.2 Å². The topological polar surface area (TPSA) is 114 Å². The quantitative estimate of drug-likeness (QED) is 0.660. The Morgan fingerprint density at radius 2 is 1.96 bits per heavy atom. The molecule has 1 atom stereocenters. The second-order valence-electron chi connectivity index (χ2n) is 6.13. The fourth-order valence-electron chi connectivity index (χ4n) is 2.99. The van der Waals surface area contributed by atoms with Crippen molar-refractivity contribution in [1.82, 2.24) is 14.8 Å². The lowest BCUT2D eigenvalue weighted by Crippen LogP contribution is -2.37. The van der Waals surface area contributed by atoms with Gasteiger partial charge in [0.05, 0.1) is 32.4 Å². The Bertz CT molecular complexity index is 806. The third kappa shape index (κ3) is 4.22. The number of morpholine rings is 1. The van der Waals surface area contributed by atoms with Crippen LogP contribution in [0.2, 0.25) is 0 Å². The summed E-state index contributed by atoms with van der Waals surface area (Å²) in [7, 11) is 3.19. The lowest BCUT2D eigenvalue weighted by molar-refractivity contribution is 0.122. The number of aromatic nitrogens is 3. The van der Waals surface area contributed by atoms with Gasteiger partial charge in [-0.2, -0.15) is 4.98 Å². The minimum atomic E-state index is -0.402. The Morgan fingerprint density at radius 1 is 1.26 bits per heavy atom. The van der Waals surface area contributed by atoms with Crippen molar-refractivity contribution in [2.24, 2.45) is 5.73 Å². The molecule has 146 valence electrons. The normalized spacial score (nSPS) is 15.4. The Labute approximate surface area is 163 Å². The number of nitrogen functional groups attached to an aromatic ring is 1. The first kappa shape index (κ1) is 19.2. The third-order valence-corrected chi connectivity index (χ3v) is 4.71. The van der Waals surface area contributed by atoms with Crippen molar-refractivity contribution in [1.29, 1.82) is 0 Å². The molecule has 1 aliphatic rings. The number of hydrogen-bond acceptors (Lipinski definition) is 8. The van der Waals surface area contributed by atoms with E-state index in [2.05, 4.69) is 10.1 Å². The molecule has 3 rings (SSSR count). The van der Waals surface area contributed by atoms with Gasteiger partial charge in [0, 0.05) is 19.5 Å². The van der Waals surface area contributed by atoms with E-state index in [1.165, 1.54) is 0 Å². The van der Waals surface area contributed by atoms with Gasteiger partial charge in [0.25, 0.3) is 0 Å². The fraction of sp³-hybridized carbons (Fsp3) is 0.471. The summed E-state index contributed by atoms with van der Waals surface area (Å²) in [6.07, 6.45) is 0.506. The van der Waals surface area contributed by atoms with Gasteiger partial charge in [0.2, 0.25) is 11.9 Å². The van der Waals surface area contributed by atoms with E-state index >= 15 is 0 Å². The van der Waals surface area contributed by atoms with E-state index in [1.807, 2.05) is 23.1 Å². The second-order valence-corrected chi connectivity index (χ2v) is 6.60. The molecule has 1 aromatic heterocycles. The van der Waals surface area contributed by atoms with Crippen molar-refractivity contribution in [2.45, 2.75) is 12.5 Å². The fourth-order valence-corrected chi connectivity index (χ4v) is 3.17. The summed E-state index contributed by atoms with van der Waals surface area (Å²) in [5, 5.41) is 4.56. The van der Waals surface area contributed by atoms with Crippen LogP contribution in [0, 0.1) is 0 Å². The molecule has 1 aliphatic heterocycles. The molecule has 1 aromatic carbocycles. The number of thiocarbonyl (C=S) groups is 1. The molecule has 0 spiro atoms. The number of methoxy groups -OCH3 is 2. The van der Waals surface area contributed by atoms with E-state index in [4.69, 9.17) is 37.9 Å². The Morgan fingerprint density at radius 3 is 2.59 bits per heavy atom. The number of nitrogens with zero attached hydrogens (tertiary/aromatic N) is 4. The largest absolute Gasteiger partial charge is 0.493 e. The molecule has 2 heterocycles. The van der Waals surface area contributed by atoms with Gasteiger partial charge in [-0.1, -0.05) is 18.3 Å². The van der Waals surface area contributed by atoms with Crippen molar-refractivity contribution < 1.29 is 14.2 Å². The van der Waals surface area contributed by atoms with Gasteiger partial charge in [-0.3, -0.25) is 0 Å². The average Bonchev–Trinajstić information content (AvgIpc) is 3.07. The molecular weight excluding hydrogens is 368 g/mol. The van der Waals surface area contributed by atoms with E-state index < -0.39 is 6.04 Å². The molecule has 1 unspecified atom stereocenters. The summed E-state index contributed by atoms with van der Waals surface area (Å²) in [6, 6.07) is 5.26. The summed E-state index contributed by atoms with van der Waals surface area (Å²) in [5.74, 6) is 2.12. The number of nitrogens with two attached hydrogens (primary N) is 2. The van der Waals surface area contributed by atoms with Crippen molar-refractivity contribution in [3.05, 3.63) is 23.8 Å². The molecule has 0 radical (unpaired) electrons. The van der Waals surface area contributed by atoms with Gasteiger partial charge in [0.15, 0.2) is 11.5 Å². The van der Waals surface area contributed by atoms with E-state index in [0.717, 1.165) is 18.7 Å². The van der Waals surface area contributed by atoms with Crippen molar-refractivity contribution >= 4 is 29.1 Å². The molecule has 10 heteroatoms. The van der Waals surface area contributed by atoms with Crippen LogP contribution in [0.1, 0.15) is 11.6 Å². The standard InChI is InChI=1S/C17H24N6O3S/c1-24-13-4-3-11(10-14(13)25-2)9-12(15(18)27)23-16(19)20-17(21-23)22-5-7-26-8-6-22/h3-4,10,12H,5-9H2,1-2H3,(H2,18,27)(H2,19,20,21). The van der Waals surface area contributed by atoms with Crippen LogP contribution < -0.4 is 25.8 Å². The maximum atomic E-state index is 6.11. The molecule has 0 amide bonds. The van der Waals surface area contributed by atoms with Crippen LogP contribution in [-0.2, 0) is 11.2 Å². The maximum Gasteiger partial charge on any atom is 0.246 e. The lowest BCUT2D eigenvalue weighted by Gasteiger charge is -2.25. The predicted molar refractivity (Wildman–Crippen MR) is 107 cm³/mol.